The molecular weight excluding hydrogens is 831 g/mol. The van der Waals surface area contributed by atoms with E-state index in [1.165, 1.54) is 140 Å². The molecule has 1 heteroatoms. The second-order valence-electron chi connectivity index (χ2n) is 21.9. The van der Waals surface area contributed by atoms with Gasteiger partial charge < -0.3 is 4.90 Å². The third kappa shape index (κ3) is 5.54. The van der Waals surface area contributed by atoms with Gasteiger partial charge in [0.2, 0.25) is 0 Å². The maximum Gasteiger partial charge on any atom is 0.0540 e. The Morgan fingerprint density at radius 2 is 1.01 bits per heavy atom. The predicted molar refractivity (Wildman–Crippen MR) is 287 cm³/mol. The van der Waals surface area contributed by atoms with Gasteiger partial charge in [-0.3, -0.25) is 0 Å². The van der Waals surface area contributed by atoms with Crippen LogP contribution in [0.2, 0.25) is 0 Å². The van der Waals surface area contributed by atoms with Crippen molar-refractivity contribution in [2.24, 2.45) is 23.7 Å². The molecule has 0 aliphatic heterocycles. The molecule has 4 bridgehead atoms. The highest BCUT2D eigenvalue weighted by atomic mass is 15.1. The fraction of sp³-hybridized carbons (Fsp3) is 0.235. The fourth-order valence-electron chi connectivity index (χ4n) is 16.2. The number of hydrogen-bond donors (Lipinski definition) is 0. The maximum atomic E-state index is 2.63. The highest BCUT2D eigenvalue weighted by Crippen LogP contribution is 2.77. The molecule has 9 aromatic rings. The summed E-state index contributed by atoms with van der Waals surface area (Å²) >= 11 is 0. The van der Waals surface area contributed by atoms with E-state index in [0.29, 0.717) is 5.92 Å². The first-order valence-electron chi connectivity index (χ1n) is 26.1. The lowest BCUT2D eigenvalue weighted by atomic mass is 9.66. The lowest BCUT2D eigenvalue weighted by Gasteiger charge is -2.36. The summed E-state index contributed by atoms with van der Waals surface area (Å²) in [6, 6.07) is 77.3. The van der Waals surface area contributed by atoms with Crippen molar-refractivity contribution in [2.45, 2.75) is 75.0 Å². The Morgan fingerprint density at radius 3 is 1.78 bits per heavy atom. The summed E-state index contributed by atoms with van der Waals surface area (Å²) in [5, 5.41) is 2.75. The van der Waals surface area contributed by atoms with Crippen molar-refractivity contribution in [2.75, 3.05) is 4.90 Å². The number of fused-ring (bicyclic) bond motifs is 7. The Morgan fingerprint density at radius 1 is 0.420 bits per heavy atom. The molecule has 5 saturated carbocycles. The van der Waals surface area contributed by atoms with Crippen LogP contribution in [0.1, 0.15) is 97.6 Å². The van der Waals surface area contributed by atoms with Gasteiger partial charge in [0, 0.05) is 27.8 Å². The number of benzene rings is 9. The standard InChI is InChI=1S/C68H57N/c1-67(49-20-6-3-7-21-49)59-27-11-8-22-53(59)55-37-35-51(42-63(55)67)69(65-29-13-10-24-57(65)58-26-15-19-45-18-14-25-52(66(45)58)44-16-4-2-5-17-44)50-33-30-43(31-34-50)46-32-36-56-54-23-9-12-28-60(54)68(64(56)39-46)61-40-47-38-48(61)41-62(47)68/h3,6-15,18-37,39,42,44,47-48,61-62H,2,4-5,16-17,38,40-41H2,1H3. The molecule has 1 nitrogen and oxygen atoms in total. The van der Waals surface area contributed by atoms with Crippen molar-refractivity contribution < 1.29 is 0 Å². The minimum absolute atomic E-state index is 0.190. The SMILES string of the molecule is CC1(c2ccccc2)c2ccccc2-c2ccc(N(c3ccc(-c4ccc5c(c4)C4(c6ccccc6-5)C5CC6CC5CC64)cc3)c3ccccc3-c3cccc4cccc(C5CCCCC5)c34)cc21. The summed E-state index contributed by atoms with van der Waals surface area (Å²) in [6.07, 6.45) is 10.8. The summed E-state index contributed by atoms with van der Waals surface area (Å²) in [7, 11) is 0. The zero-order chi connectivity index (χ0) is 45.4. The van der Waals surface area contributed by atoms with Gasteiger partial charge in [-0.1, -0.05) is 183 Å². The van der Waals surface area contributed by atoms with Crippen LogP contribution in [0.4, 0.5) is 17.1 Å². The van der Waals surface area contributed by atoms with Gasteiger partial charge in [0.05, 0.1) is 5.69 Å². The van der Waals surface area contributed by atoms with Crippen LogP contribution in [0.3, 0.4) is 0 Å². The molecule has 0 saturated heterocycles. The second-order valence-corrected chi connectivity index (χ2v) is 21.9. The van der Waals surface area contributed by atoms with Crippen molar-refractivity contribution in [3.05, 3.63) is 234 Å². The molecule has 0 heterocycles. The minimum atomic E-state index is -0.313. The molecule has 0 radical (unpaired) electrons. The van der Waals surface area contributed by atoms with E-state index in [0.717, 1.165) is 29.4 Å². The molecule has 16 rings (SSSR count). The minimum Gasteiger partial charge on any atom is -0.310 e. The quantitative estimate of drug-likeness (QED) is 0.154. The Hall–Kier alpha value is -6.96. The molecule has 0 amide bonds. The third-order valence-corrected chi connectivity index (χ3v) is 18.9. The van der Waals surface area contributed by atoms with Gasteiger partial charge in [-0.25, -0.2) is 0 Å². The second kappa shape index (κ2) is 15.0. The Bertz CT molecular complexity index is 3500. The average Bonchev–Trinajstić information content (AvgIpc) is 4.27. The van der Waals surface area contributed by atoms with Crippen molar-refractivity contribution in [1.82, 2.24) is 0 Å². The Balaban J connectivity index is 0.903. The summed E-state index contributed by atoms with van der Waals surface area (Å²) in [6.45, 7) is 2.44. The van der Waals surface area contributed by atoms with Gasteiger partial charge in [-0.15, -0.1) is 0 Å². The lowest BCUT2D eigenvalue weighted by molar-refractivity contribution is 0.307. The van der Waals surface area contributed by atoms with Crippen LogP contribution >= 0.6 is 0 Å². The third-order valence-electron chi connectivity index (χ3n) is 18.9. The number of para-hydroxylation sites is 1. The van der Waals surface area contributed by atoms with E-state index in [9.17, 15) is 0 Å². The predicted octanol–water partition coefficient (Wildman–Crippen LogP) is 18.0. The smallest absolute Gasteiger partial charge is 0.0540 e. The highest BCUT2D eigenvalue weighted by molar-refractivity contribution is 6.03. The van der Waals surface area contributed by atoms with E-state index in [1.54, 1.807) is 11.1 Å². The van der Waals surface area contributed by atoms with E-state index in [1.807, 2.05) is 0 Å². The van der Waals surface area contributed by atoms with Crippen LogP contribution in [0, 0.1) is 23.7 Å². The van der Waals surface area contributed by atoms with Crippen molar-refractivity contribution in [3.63, 3.8) is 0 Å². The molecule has 5 fully saturated rings. The highest BCUT2D eigenvalue weighted by Gasteiger charge is 2.70. The van der Waals surface area contributed by atoms with Crippen LogP contribution in [-0.2, 0) is 10.8 Å². The van der Waals surface area contributed by atoms with E-state index < -0.39 is 0 Å². The van der Waals surface area contributed by atoms with Gasteiger partial charge >= 0.3 is 0 Å². The molecule has 0 N–H and O–H groups in total. The summed E-state index contributed by atoms with van der Waals surface area (Å²) < 4.78 is 0. The van der Waals surface area contributed by atoms with Crippen LogP contribution in [0.25, 0.3) is 55.3 Å². The molecule has 7 aliphatic carbocycles. The monoisotopic (exact) mass is 887 g/mol. The Kier molecular flexibility index (Phi) is 8.70. The molecule has 9 aromatic carbocycles. The number of rotatable bonds is 7. The van der Waals surface area contributed by atoms with Crippen LogP contribution in [0.5, 0.6) is 0 Å². The van der Waals surface area contributed by atoms with E-state index >= 15 is 0 Å². The first kappa shape index (κ1) is 40.0. The molecular formula is C68H57N. The summed E-state index contributed by atoms with van der Waals surface area (Å²) in [5.74, 6) is 3.94. The van der Waals surface area contributed by atoms with Crippen LogP contribution < -0.4 is 4.90 Å². The van der Waals surface area contributed by atoms with Crippen LogP contribution in [0.15, 0.2) is 200 Å². The van der Waals surface area contributed by atoms with Gasteiger partial charge in [0.1, 0.15) is 0 Å². The zero-order valence-corrected chi connectivity index (χ0v) is 39.5. The first-order chi connectivity index (χ1) is 34.1. The maximum absolute atomic E-state index is 2.63. The van der Waals surface area contributed by atoms with Gasteiger partial charge in [-0.05, 0) is 188 Å². The molecule has 334 valence electrons. The molecule has 5 atom stereocenters. The van der Waals surface area contributed by atoms with Crippen molar-refractivity contribution in [3.8, 4) is 44.5 Å². The summed E-state index contributed by atoms with van der Waals surface area (Å²) in [4.78, 5) is 2.56. The van der Waals surface area contributed by atoms with E-state index in [2.05, 4.69) is 212 Å². The molecule has 0 aromatic heterocycles. The molecule has 1 spiro atoms. The van der Waals surface area contributed by atoms with Crippen LogP contribution in [-0.4, -0.2) is 0 Å². The van der Waals surface area contributed by atoms with E-state index in [4.69, 9.17) is 0 Å². The van der Waals surface area contributed by atoms with Crippen molar-refractivity contribution in [1.29, 1.82) is 0 Å². The molecule has 7 aliphatic rings. The molecule has 5 unspecified atom stereocenters. The van der Waals surface area contributed by atoms with E-state index in [-0.39, 0.29) is 10.8 Å². The van der Waals surface area contributed by atoms with Gasteiger partial charge in [-0.2, -0.15) is 0 Å². The zero-order valence-electron chi connectivity index (χ0n) is 39.5. The van der Waals surface area contributed by atoms with Crippen molar-refractivity contribution >= 4 is 27.8 Å². The number of nitrogens with zero attached hydrogens (tertiary/aromatic N) is 1. The molecule has 69 heavy (non-hydrogen) atoms. The largest absolute Gasteiger partial charge is 0.310 e. The normalized spacial score (nSPS) is 24.5. The average molecular weight is 888 g/mol. The summed E-state index contributed by atoms with van der Waals surface area (Å²) in [5.41, 5.74) is 23.0. The Labute approximate surface area is 407 Å². The lowest BCUT2D eigenvalue weighted by Crippen LogP contribution is -2.34. The fourth-order valence-corrected chi connectivity index (χ4v) is 16.2. The van der Waals surface area contributed by atoms with Gasteiger partial charge in [0.15, 0.2) is 0 Å². The number of hydrogen-bond acceptors (Lipinski definition) is 1. The first-order valence-corrected chi connectivity index (χ1v) is 26.1. The topological polar surface area (TPSA) is 3.24 Å². The van der Waals surface area contributed by atoms with Gasteiger partial charge in [0.25, 0.3) is 0 Å². The number of anilines is 3.